The molecule has 0 saturated carbocycles. The first-order chi connectivity index (χ1) is 12.1. The van der Waals surface area contributed by atoms with Gasteiger partial charge in [0.25, 0.3) is 0 Å². The molecule has 2 aromatic rings. The Morgan fingerprint density at radius 1 is 0.962 bits per heavy atom. The lowest BCUT2D eigenvalue weighted by Gasteiger charge is -2.21. The summed E-state index contributed by atoms with van der Waals surface area (Å²) in [5, 5.41) is 5.64. The number of anilines is 1. The van der Waals surface area contributed by atoms with Crippen LogP contribution in [0.2, 0.25) is 0 Å². The highest BCUT2D eigenvalue weighted by molar-refractivity contribution is 5.98. The monoisotopic (exact) mass is 375 g/mol. The molecule has 140 valence electrons. The standard InChI is InChI=1S/C20H25N3O2.ClH/c1-2-9-17(21)19(24)23-18(14-15-10-5-3-6-11-15)20(25)22-16-12-7-4-8-13-16;/h3-8,10-13,17-18H,2,9,14,21H2,1H3,(H,22,25)(H,23,24);1H. The normalized spacial score (nSPS) is 12.4. The Labute approximate surface area is 160 Å². The number of nitrogens with two attached hydrogens (primary N) is 1. The molecule has 0 aliphatic heterocycles. The topological polar surface area (TPSA) is 84.2 Å². The number of nitrogens with one attached hydrogen (secondary N) is 2. The smallest absolute Gasteiger partial charge is 0.247 e. The minimum atomic E-state index is -0.682. The molecule has 2 rings (SSSR count). The van der Waals surface area contributed by atoms with E-state index in [4.69, 9.17) is 5.73 Å². The highest BCUT2D eigenvalue weighted by Crippen LogP contribution is 2.09. The largest absolute Gasteiger partial charge is 0.343 e. The number of carbonyl (C=O) groups excluding carboxylic acids is 2. The molecule has 26 heavy (non-hydrogen) atoms. The van der Waals surface area contributed by atoms with Crippen LogP contribution >= 0.6 is 12.4 Å². The number of hydrogen-bond donors (Lipinski definition) is 3. The van der Waals surface area contributed by atoms with Crippen molar-refractivity contribution in [2.75, 3.05) is 5.32 Å². The first-order valence-electron chi connectivity index (χ1n) is 8.56. The molecule has 0 spiro atoms. The van der Waals surface area contributed by atoms with Gasteiger partial charge in [-0.3, -0.25) is 9.59 Å². The van der Waals surface area contributed by atoms with Gasteiger partial charge in [0.2, 0.25) is 11.8 Å². The zero-order chi connectivity index (χ0) is 18.1. The maximum Gasteiger partial charge on any atom is 0.247 e. The van der Waals surface area contributed by atoms with E-state index in [1.165, 1.54) is 0 Å². The molecule has 2 atom stereocenters. The molecule has 2 unspecified atom stereocenters. The predicted octanol–water partition coefficient (Wildman–Crippen LogP) is 2.90. The Balaban J connectivity index is 0.00000338. The lowest BCUT2D eigenvalue weighted by atomic mass is 10.0. The summed E-state index contributed by atoms with van der Waals surface area (Å²) in [6, 6.07) is 17.5. The molecule has 2 aromatic carbocycles. The first-order valence-corrected chi connectivity index (χ1v) is 8.56. The summed E-state index contributed by atoms with van der Waals surface area (Å²) in [4.78, 5) is 24.9. The van der Waals surface area contributed by atoms with Crippen LogP contribution in [-0.2, 0) is 16.0 Å². The summed E-state index contributed by atoms with van der Waals surface area (Å²) in [7, 11) is 0. The molecule has 6 heteroatoms. The van der Waals surface area contributed by atoms with Gasteiger partial charge in [0.05, 0.1) is 6.04 Å². The van der Waals surface area contributed by atoms with Gasteiger partial charge in [0, 0.05) is 12.1 Å². The second-order valence-electron chi connectivity index (χ2n) is 6.00. The third-order valence-corrected chi connectivity index (χ3v) is 3.89. The summed E-state index contributed by atoms with van der Waals surface area (Å²) in [5.74, 6) is -0.557. The quantitative estimate of drug-likeness (QED) is 0.663. The average Bonchev–Trinajstić information content (AvgIpc) is 2.63. The van der Waals surface area contributed by atoms with E-state index >= 15 is 0 Å². The maximum absolute atomic E-state index is 12.7. The Kier molecular flexibility index (Phi) is 9.41. The molecule has 2 amide bonds. The van der Waals surface area contributed by atoms with E-state index in [-0.39, 0.29) is 24.2 Å². The molecular formula is C20H26ClN3O2. The molecule has 0 saturated heterocycles. The van der Waals surface area contributed by atoms with Crippen LogP contribution in [0.25, 0.3) is 0 Å². The van der Waals surface area contributed by atoms with Crippen LogP contribution in [0.4, 0.5) is 5.69 Å². The molecular weight excluding hydrogens is 350 g/mol. The van der Waals surface area contributed by atoms with Gasteiger partial charge in [-0.05, 0) is 24.1 Å². The molecule has 0 bridgehead atoms. The maximum atomic E-state index is 12.7. The number of hydrogen-bond acceptors (Lipinski definition) is 3. The Morgan fingerprint density at radius 2 is 1.54 bits per heavy atom. The van der Waals surface area contributed by atoms with Gasteiger partial charge in [0.15, 0.2) is 0 Å². The van der Waals surface area contributed by atoms with E-state index in [2.05, 4.69) is 10.6 Å². The molecule has 4 N–H and O–H groups in total. The number of halogens is 1. The number of carbonyl (C=O) groups is 2. The van der Waals surface area contributed by atoms with Crippen molar-refractivity contribution >= 4 is 29.9 Å². The number of amides is 2. The molecule has 0 radical (unpaired) electrons. The summed E-state index contributed by atoms with van der Waals surface area (Å²) < 4.78 is 0. The summed E-state index contributed by atoms with van der Waals surface area (Å²) in [6.07, 6.45) is 1.81. The predicted molar refractivity (Wildman–Crippen MR) is 107 cm³/mol. The summed E-state index contributed by atoms with van der Waals surface area (Å²) in [6.45, 7) is 1.97. The summed E-state index contributed by atoms with van der Waals surface area (Å²) >= 11 is 0. The van der Waals surface area contributed by atoms with Gasteiger partial charge in [-0.25, -0.2) is 0 Å². The van der Waals surface area contributed by atoms with Gasteiger partial charge < -0.3 is 16.4 Å². The van der Waals surface area contributed by atoms with Gasteiger partial charge in [-0.2, -0.15) is 0 Å². The van der Waals surface area contributed by atoms with Crippen molar-refractivity contribution in [3.05, 3.63) is 66.2 Å². The zero-order valence-electron chi connectivity index (χ0n) is 14.9. The Hall–Kier alpha value is -2.37. The number of para-hydroxylation sites is 1. The van der Waals surface area contributed by atoms with E-state index in [0.29, 0.717) is 18.5 Å². The molecule has 5 nitrogen and oxygen atoms in total. The van der Waals surface area contributed by atoms with Gasteiger partial charge in [-0.15, -0.1) is 12.4 Å². The SMILES string of the molecule is CCCC(N)C(=O)NC(Cc1ccccc1)C(=O)Nc1ccccc1.Cl. The van der Waals surface area contributed by atoms with Crippen LogP contribution in [0.3, 0.4) is 0 Å². The highest BCUT2D eigenvalue weighted by atomic mass is 35.5. The fourth-order valence-electron chi connectivity index (χ4n) is 2.53. The highest BCUT2D eigenvalue weighted by Gasteiger charge is 2.23. The van der Waals surface area contributed by atoms with Crippen molar-refractivity contribution in [1.82, 2.24) is 5.32 Å². The van der Waals surface area contributed by atoms with E-state index in [1.54, 1.807) is 0 Å². The third-order valence-electron chi connectivity index (χ3n) is 3.89. The van der Waals surface area contributed by atoms with Crippen molar-refractivity contribution < 1.29 is 9.59 Å². The number of rotatable bonds is 8. The van der Waals surface area contributed by atoms with Gasteiger partial charge in [-0.1, -0.05) is 61.9 Å². The van der Waals surface area contributed by atoms with Gasteiger partial charge >= 0.3 is 0 Å². The van der Waals surface area contributed by atoms with Crippen LogP contribution in [0.5, 0.6) is 0 Å². The van der Waals surface area contributed by atoms with E-state index in [1.807, 2.05) is 67.6 Å². The summed E-state index contributed by atoms with van der Waals surface area (Å²) in [5.41, 5.74) is 7.54. The fourth-order valence-corrected chi connectivity index (χ4v) is 2.53. The fraction of sp³-hybridized carbons (Fsp3) is 0.300. The average molecular weight is 376 g/mol. The van der Waals surface area contributed by atoms with Crippen molar-refractivity contribution in [1.29, 1.82) is 0 Å². The van der Waals surface area contributed by atoms with Crippen molar-refractivity contribution in [3.8, 4) is 0 Å². The Bertz CT molecular complexity index is 680. The van der Waals surface area contributed by atoms with Crippen molar-refractivity contribution in [3.63, 3.8) is 0 Å². The zero-order valence-corrected chi connectivity index (χ0v) is 15.7. The molecule has 0 fully saturated rings. The van der Waals surface area contributed by atoms with Crippen LogP contribution in [0, 0.1) is 0 Å². The minimum Gasteiger partial charge on any atom is -0.343 e. The lowest BCUT2D eigenvalue weighted by molar-refractivity contribution is -0.127. The minimum absolute atomic E-state index is 0. The van der Waals surface area contributed by atoms with Crippen LogP contribution in [-0.4, -0.2) is 23.9 Å². The van der Waals surface area contributed by atoms with Crippen LogP contribution < -0.4 is 16.4 Å². The van der Waals surface area contributed by atoms with Crippen molar-refractivity contribution in [2.24, 2.45) is 5.73 Å². The Morgan fingerprint density at radius 3 is 2.12 bits per heavy atom. The van der Waals surface area contributed by atoms with Gasteiger partial charge in [0.1, 0.15) is 6.04 Å². The molecule has 0 aliphatic carbocycles. The molecule has 0 heterocycles. The van der Waals surface area contributed by atoms with E-state index in [0.717, 1.165) is 12.0 Å². The first kappa shape index (κ1) is 21.7. The number of benzene rings is 2. The van der Waals surface area contributed by atoms with Crippen LogP contribution in [0.15, 0.2) is 60.7 Å². The van der Waals surface area contributed by atoms with E-state index in [9.17, 15) is 9.59 Å². The lowest BCUT2D eigenvalue weighted by Crippen LogP contribution is -2.50. The second-order valence-corrected chi connectivity index (χ2v) is 6.00. The molecule has 0 aliphatic rings. The third kappa shape index (κ3) is 6.86. The molecule has 0 aromatic heterocycles. The second kappa shape index (κ2) is 11.3. The van der Waals surface area contributed by atoms with Crippen LogP contribution in [0.1, 0.15) is 25.3 Å². The van der Waals surface area contributed by atoms with Crippen molar-refractivity contribution in [2.45, 2.75) is 38.3 Å². The van der Waals surface area contributed by atoms with E-state index < -0.39 is 12.1 Å².